The number of carbonyl (C=O) groups is 1. The molecule has 2 rings (SSSR count). The van der Waals surface area contributed by atoms with Crippen LogP contribution in [0.15, 0.2) is 35.9 Å². The Kier molecular flexibility index (Phi) is 9.05. The Labute approximate surface area is 146 Å². The minimum absolute atomic E-state index is 0. The standard InChI is InChI=1S/C17H22GeNO.3H2O/c1-11(2)10-14-15(17(14,3)4)16(20)19(5)13-8-6-12(18)7-9-13;;;/h6-10,14-15H,1-5H3;3*1H2/q+3;;;/p-3. The van der Waals surface area contributed by atoms with Gasteiger partial charge in [-0.2, -0.15) is 0 Å². The molecule has 1 aromatic carbocycles. The largest absolute Gasteiger partial charge is 0.870 e. The van der Waals surface area contributed by atoms with Crippen LogP contribution in [0, 0.1) is 17.3 Å². The van der Waals surface area contributed by atoms with Crippen LogP contribution in [0.4, 0.5) is 5.69 Å². The number of rotatable bonds is 3. The molecule has 1 saturated carbocycles. The first-order chi connectivity index (χ1) is 9.25. The molecule has 1 aromatic rings. The van der Waals surface area contributed by atoms with E-state index in [2.05, 4.69) is 50.3 Å². The summed E-state index contributed by atoms with van der Waals surface area (Å²) in [5.41, 5.74) is 2.34. The maximum Gasteiger partial charge on any atom is -0.870 e. The minimum atomic E-state index is 0. The molecule has 0 aliphatic heterocycles. The Morgan fingerprint density at radius 2 is 1.61 bits per heavy atom. The van der Waals surface area contributed by atoms with Crippen molar-refractivity contribution in [3.05, 3.63) is 35.9 Å². The molecule has 1 aliphatic rings. The Balaban J connectivity index is 0. The van der Waals surface area contributed by atoms with Crippen LogP contribution >= 0.6 is 0 Å². The maximum absolute atomic E-state index is 12.7. The van der Waals surface area contributed by atoms with Crippen molar-refractivity contribution in [2.75, 3.05) is 11.9 Å². The second-order valence-corrected chi connectivity index (χ2v) is 7.72. The van der Waals surface area contributed by atoms with E-state index in [9.17, 15) is 4.79 Å². The third-order valence-corrected chi connectivity index (χ3v) is 4.97. The molecule has 0 bridgehead atoms. The van der Waals surface area contributed by atoms with Gasteiger partial charge >= 0.3 is 130 Å². The molecule has 1 amide bonds. The molecule has 5 nitrogen and oxygen atoms in total. The second-order valence-electron chi connectivity index (χ2n) is 6.51. The third kappa shape index (κ3) is 4.91. The molecule has 2 atom stereocenters. The van der Waals surface area contributed by atoms with Gasteiger partial charge in [-0.1, -0.05) is 0 Å². The fourth-order valence-corrected chi connectivity index (χ4v) is 3.19. The van der Waals surface area contributed by atoms with Crippen molar-refractivity contribution in [3.8, 4) is 0 Å². The van der Waals surface area contributed by atoms with Crippen molar-refractivity contribution in [1.82, 2.24) is 0 Å². The van der Waals surface area contributed by atoms with Gasteiger partial charge in [0, 0.05) is 0 Å². The summed E-state index contributed by atoms with van der Waals surface area (Å²) in [4.78, 5) is 14.5. The zero-order valence-corrected chi connectivity index (χ0v) is 16.3. The van der Waals surface area contributed by atoms with Crippen molar-refractivity contribution < 1.29 is 21.2 Å². The van der Waals surface area contributed by atoms with Gasteiger partial charge in [0.15, 0.2) is 0 Å². The summed E-state index contributed by atoms with van der Waals surface area (Å²) in [6.07, 6.45) is 2.24. The van der Waals surface area contributed by atoms with E-state index in [0.717, 1.165) is 5.69 Å². The predicted molar refractivity (Wildman–Crippen MR) is 91.2 cm³/mol. The SMILES string of the molecule is CC(C)=CC1C(C(=O)N(C)c2cc[c]([Ge+3])cc2)C1(C)C.[OH-].[OH-].[OH-]. The number of hydrogen-bond acceptors (Lipinski definition) is 4. The summed E-state index contributed by atoms with van der Waals surface area (Å²) in [6, 6.07) is 8.12. The normalized spacial score (nSPS) is 20.1. The molecule has 6 heteroatoms. The van der Waals surface area contributed by atoms with Gasteiger partial charge in [0.05, 0.1) is 0 Å². The van der Waals surface area contributed by atoms with Gasteiger partial charge in [-0.25, -0.2) is 0 Å². The average Bonchev–Trinajstić information content (AvgIpc) is 2.89. The summed E-state index contributed by atoms with van der Waals surface area (Å²) >= 11 is 2.06. The van der Waals surface area contributed by atoms with Gasteiger partial charge in [-0.05, 0) is 0 Å². The van der Waals surface area contributed by atoms with E-state index in [0.29, 0.717) is 5.92 Å². The Hall–Kier alpha value is -1.15. The van der Waals surface area contributed by atoms with Gasteiger partial charge in [0.1, 0.15) is 0 Å². The molecule has 0 heterocycles. The molecule has 2 unspecified atom stereocenters. The monoisotopic (exact) mass is 381 g/mol. The Bertz CT molecular complexity index is 550. The first-order valence-corrected chi connectivity index (χ1v) is 8.04. The number of benzene rings is 1. The van der Waals surface area contributed by atoms with Crippen LogP contribution in [0.2, 0.25) is 0 Å². The first-order valence-electron chi connectivity index (χ1n) is 6.99. The molecule has 126 valence electrons. The molecular formula is C17H25GeNO4. The molecule has 0 saturated heterocycles. The molecule has 1 fully saturated rings. The topological polar surface area (TPSA) is 110 Å². The van der Waals surface area contributed by atoms with E-state index >= 15 is 0 Å². The molecular weight excluding hydrogens is 355 g/mol. The number of hydrogen-bond donors (Lipinski definition) is 0. The smallest absolute Gasteiger partial charge is 0.870 e. The van der Waals surface area contributed by atoms with Crippen LogP contribution < -0.4 is 9.30 Å². The van der Waals surface area contributed by atoms with E-state index in [1.54, 1.807) is 4.90 Å². The van der Waals surface area contributed by atoms with Crippen LogP contribution in [-0.4, -0.2) is 45.9 Å². The van der Waals surface area contributed by atoms with Crippen molar-refractivity contribution >= 4 is 32.5 Å². The van der Waals surface area contributed by atoms with Crippen LogP contribution in [0.1, 0.15) is 27.7 Å². The van der Waals surface area contributed by atoms with Crippen LogP contribution in [0.3, 0.4) is 0 Å². The van der Waals surface area contributed by atoms with Gasteiger partial charge in [0.25, 0.3) is 0 Å². The summed E-state index contributed by atoms with van der Waals surface area (Å²) in [7, 11) is 1.88. The fraction of sp³-hybridized carbons (Fsp3) is 0.471. The van der Waals surface area contributed by atoms with E-state index in [-0.39, 0.29) is 33.7 Å². The van der Waals surface area contributed by atoms with E-state index in [1.807, 2.05) is 31.3 Å². The molecule has 3 N–H and O–H groups in total. The zero-order chi connectivity index (χ0) is 15.1. The first kappa shape index (κ1) is 24.1. The molecule has 0 spiro atoms. The Morgan fingerprint density at radius 3 is 2.04 bits per heavy atom. The number of allylic oxidation sites excluding steroid dienone is 2. The van der Waals surface area contributed by atoms with E-state index in [4.69, 9.17) is 0 Å². The van der Waals surface area contributed by atoms with E-state index in [1.165, 1.54) is 9.97 Å². The van der Waals surface area contributed by atoms with Crippen LogP contribution in [0.5, 0.6) is 0 Å². The van der Waals surface area contributed by atoms with Crippen molar-refractivity contribution in [1.29, 1.82) is 0 Å². The fourth-order valence-electron chi connectivity index (χ4n) is 2.84. The third-order valence-electron chi connectivity index (χ3n) is 4.27. The van der Waals surface area contributed by atoms with E-state index < -0.39 is 0 Å². The van der Waals surface area contributed by atoms with Crippen molar-refractivity contribution in [3.63, 3.8) is 0 Å². The summed E-state index contributed by atoms with van der Waals surface area (Å²) in [5, 5.41) is 0. The maximum atomic E-state index is 12.7. The van der Waals surface area contributed by atoms with Gasteiger partial charge in [-0.15, -0.1) is 0 Å². The number of carbonyl (C=O) groups excluding carboxylic acids is 1. The van der Waals surface area contributed by atoms with Gasteiger partial charge in [0.2, 0.25) is 0 Å². The number of nitrogens with zero attached hydrogens (tertiary/aromatic N) is 1. The summed E-state index contributed by atoms with van der Waals surface area (Å²) < 4.78 is 1.21. The minimum Gasteiger partial charge on any atom is -0.870 e. The average molecular weight is 380 g/mol. The summed E-state index contributed by atoms with van der Waals surface area (Å²) in [5.74, 6) is 0.693. The van der Waals surface area contributed by atoms with Crippen molar-refractivity contribution in [2.24, 2.45) is 17.3 Å². The quantitative estimate of drug-likeness (QED) is 0.591. The number of anilines is 1. The molecule has 0 radical (unpaired) electrons. The van der Waals surface area contributed by atoms with Gasteiger partial charge < -0.3 is 16.4 Å². The van der Waals surface area contributed by atoms with Crippen LogP contribution in [-0.2, 0) is 4.79 Å². The molecule has 1 aliphatic carbocycles. The van der Waals surface area contributed by atoms with Crippen LogP contribution in [0.25, 0.3) is 0 Å². The number of amides is 1. The van der Waals surface area contributed by atoms with Gasteiger partial charge in [-0.3, -0.25) is 0 Å². The zero-order valence-electron chi connectivity index (χ0n) is 14.2. The second kappa shape index (κ2) is 8.63. The Morgan fingerprint density at radius 1 is 1.13 bits per heavy atom. The molecule has 23 heavy (non-hydrogen) atoms. The van der Waals surface area contributed by atoms with Crippen molar-refractivity contribution in [2.45, 2.75) is 27.7 Å². The molecule has 0 aromatic heterocycles. The summed E-state index contributed by atoms with van der Waals surface area (Å²) in [6.45, 7) is 8.56. The predicted octanol–water partition coefficient (Wildman–Crippen LogP) is 2.15.